The highest BCUT2D eigenvalue weighted by Crippen LogP contribution is 2.36. The Hall–Kier alpha value is -2.50. The summed E-state index contributed by atoms with van der Waals surface area (Å²) < 4.78 is 46.7. The Morgan fingerprint density at radius 1 is 1.21 bits per heavy atom. The van der Waals surface area contributed by atoms with Crippen molar-refractivity contribution in [1.82, 2.24) is 9.71 Å². The van der Waals surface area contributed by atoms with E-state index in [9.17, 15) is 18.1 Å². The van der Waals surface area contributed by atoms with Gasteiger partial charge in [0, 0.05) is 18.8 Å². The molecule has 0 bridgehead atoms. The number of nitrogens with zero attached hydrogens (tertiary/aromatic N) is 2. The molecule has 3 rings (SSSR count). The van der Waals surface area contributed by atoms with E-state index in [2.05, 4.69) is 15.8 Å². The molecule has 1 heterocycles. The van der Waals surface area contributed by atoms with Crippen molar-refractivity contribution < 1.29 is 17.5 Å². The van der Waals surface area contributed by atoms with Crippen LogP contribution < -0.4 is 9.46 Å². The molecule has 1 aliphatic carbocycles. The maximum absolute atomic E-state index is 13.7. The lowest BCUT2D eigenvalue weighted by Crippen LogP contribution is -2.37. The van der Waals surface area contributed by atoms with Gasteiger partial charge in [-0.15, -0.1) is 0 Å². The van der Waals surface area contributed by atoms with Gasteiger partial charge in [0.05, 0.1) is 17.2 Å². The zero-order chi connectivity index (χ0) is 20.0. The molecule has 28 heavy (non-hydrogen) atoms. The van der Waals surface area contributed by atoms with Crippen molar-refractivity contribution in [2.45, 2.75) is 38.6 Å². The third kappa shape index (κ3) is 5.27. The third-order valence-corrected chi connectivity index (χ3v) is 6.38. The second kappa shape index (κ2) is 8.67. The Balaban J connectivity index is 1.64. The van der Waals surface area contributed by atoms with Crippen LogP contribution in [0.3, 0.4) is 0 Å². The number of hydrogen-bond donors (Lipinski definition) is 1. The van der Waals surface area contributed by atoms with Crippen LogP contribution in [0.4, 0.5) is 4.39 Å². The van der Waals surface area contributed by atoms with E-state index < -0.39 is 21.3 Å². The average molecular weight is 403 g/mol. The summed E-state index contributed by atoms with van der Waals surface area (Å²) in [6, 6.07) is 11.4. The zero-order valence-corrected chi connectivity index (χ0v) is 16.2. The lowest BCUT2D eigenvalue weighted by molar-refractivity contribution is 0.297. The van der Waals surface area contributed by atoms with Crippen molar-refractivity contribution in [2.75, 3.05) is 5.75 Å². The van der Waals surface area contributed by atoms with Gasteiger partial charge in [-0.05, 0) is 36.6 Å². The summed E-state index contributed by atoms with van der Waals surface area (Å²) in [6.07, 6.45) is 5.49. The van der Waals surface area contributed by atoms with Crippen molar-refractivity contribution in [3.8, 4) is 17.7 Å². The van der Waals surface area contributed by atoms with Crippen LogP contribution >= 0.6 is 0 Å². The van der Waals surface area contributed by atoms with Crippen molar-refractivity contribution >= 4 is 10.0 Å². The van der Waals surface area contributed by atoms with Crippen LogP contribution in [-0.4, -0.2) is 19.2 Å². The number of para-hydroxylation sites is 1. The Morgan fingerprint density at radius 3 is 2.68 bits per heavy atom. The molecule has 8 heteroatoms. The highest BCUT2D eigenvalue weighted by molar-refractivity contribution is 7.89. The summed E-state index contributed by atoms with van der Waals surface area (Å²) in [5.74, 6) is -0.492. The Bertz CT molecular complexity index is 967. The molecule has 0 saturated heterocycles. The molecule has 1 aromatic heterocycles. The maximum atomic E-state index is 13.7. The van der Waals surface area contributed by atoms with E-state index in [1.54, 1.807) is 24.3 Å². The van der Waals surface area contributed by atoms with E-state index >= 15 is 0 Å². The smallest absolute Gasteiger partial charge is 0.219 e. The van der Waals surface area contributed by atoms with Gasteiger partial charge in [-0.1, -0.05) is 31.4 Å². The standard InChI is InChI=1S/C20H22FN3O3S/c21-17-6-2-3-7-18(17)27-19-12-16(8-11-23-19)13-24-28(25,26)15-20(14-22)9-4-1-5-10-20/h2-3,6-8,11-12,24H,1,4-5,9-10,13,15H2. The predicted octanol–water partition coefficient (Wildman–Crippen LogP) is 3.91. The Labute approximate surface area is 164 Å². The fourth-order valence-corrected chi connectivity index (χ4v) is 4.95. The number of benzene rings is 1. The van der Waals surface area contributed by atoms with Gasteiger partial charge in [0.15, 0.2) is 11.6 Å². The van der Waals surface area contributed by atoms with E-state index in [4.69, 9.17) is 4.74 Å². The van der Waals surface area contributed by atoms with E-state index in [0.717, 1.165) is 19.3 Å². The van der Waals surface area contributed by atoms with Crippen LogP contribution in [0.2, 0.25) is 0 Å². The van der Waals surface area contributed by atoms with E-state index in [0.29, 0.717) is 18.4 Å². The number of ether oxygens (including phenoxy) is 1. The molecule has 0 aliphatic heterocycles. The molecule has 0 radical (unpaired) electrons. The van der Waals surface area contributed by atoms with Crippen LogP contribution in [0.15, 0.2) is 42.6 Å². The van der Waals surface area contributed by atoms with Crippen LogP contribution in [0.25, 0.3) is 0 Å². The molecule has 0 amide bonds. The second-order valence-electron chi connectivity index (χ2n) is 7.07. The van der Waals surface area contributed by atoms with Gasteiger partial charge >= 0.3 is 0 Å². The van der Waals surface area contributed by atoms with Crippen LogP contribution in [0.5, 0.6) is 11.6 Å². The molecule has 1 N–H and O–H groups in total. The van der Waals surface area contributed by atoms with Crippen molar-refractivity contribution in [3.05, 3.63) is 54.0 Å². The van der Waals surface area contributed by atoms with Gasteiger partial charge in [-0.2, -0.15) is 5.26 Å². The van der Waals surface area contributed by atoms with Crippen LogP contribution in [-0.2, 0) is 16.6 Å². The normalized spacial score (nSPS) is 16.3. The number of sulfonamides is 1. The minimum absolute atomic E-state index is 0.0417. The number of aromatic nitrogens is 1. The first-order valence-electron chi connectivity index (χ1n) is 9.17. The minimum Gasteiger partial charge on any atom is -0.436 e. The quantitative estimate of drug-likeness (QED) is 0.757. The third-order valence-electron chi connectivity index (χ3n) is 4.86. The molecule has 0 spiro atoms. The number of rotatable bonds is 7. The van der Waals surface area contributed by atoms with E-state index in [1.807, 2.05) is 0 Å². The molecule has 0 atom stereocenters. The number of nitrogens with one attached hydrogen (secondary N) is 1. The molecule has 2 aromatic rings. The van der Waals surface area contributed by atoms with Crippen molar-refractivity contribution in [1.29, 1.82) is 5.26 Å². The first-order valence-corrected chi connectivity index (χ1v) is 10.8. The van der Waals surface area contributed by atoms with Crippen molar-refractivity contribution in [2.24, 2.45) is 5.41 Å². The molecule has 148 valence electrons. The SMILES string of the molecule is N#CC1(CS(=O)(=O)NCc2ccnc(Oc3ccccc3F)c2)CCCCC1. The van der Waals surface area contributed by atoms with Gasteiger partial charge in [0.1, 0.15) is 0 Å². The first kappa shape index (κ1) is 20.2. The topological polar surface area (TPSA) is 92.1 Å². The van der Waals surface area contributed by atoms with Crippen LogP contribution in [0.1, 0.15) is 37.7 Å². The number of halogens is 1. The molecule has 1 saturated carbocycles. The summed E-state index contributed by atoms with van der Waals surface area (Å²) in [4.78, 5) is 4.03. The largest absolute Gasteiger partial charge is 0.436 e. The number of nitriles is 1. The Kier molecular flexibility index (Phi) is 6.27. The summed E-state index contributed by atoms with van der Waals surface area (Å²) in [5, 5.41) is 9.49. The highest BCUT2D eigenvalue weighted by atomic mass is 32.2. The highest BCUT2D eigenvalue weighted by Gasteiger charge is 2.36. The molecule has 1 aliphatic rings. The van der Waals surface area contributed by atoms with Gasteiger partial charge in [-0.25, -0.2) is 22.5 Å². The molecular weight excluding hydrogens is 381 g/mol. The lowest BCUT2D eigenvalue weighted by Gasteiger charge is -2.30. The molecular formula is C20H22FN3O3S. The Morgan fingerprint density at radius 2 is 1.96 bits per heavy atom. The monoisotopic (exact) mass is 403 g/mol. The van der Waals surface area contributed by atoms with E-state index in [-0.39, 0.29) is 23.9 Å². The summed E-state index contributed by atoms with van der Waals surface area (Å²) in [5.41, 5.74) is -0.180. The van der Waals surface area contributed by atoms with E-state index in [1.165, 1.54) is 18.3 Å². The maximum Gasteiger partial charge on any atom is 0.219 e. The fourth-order valence-electron chi connectivity index (χ4n) is 3.38. The van der Waals surface area contributed by atoms with Gasteiger partial charge < -0.3 is 4.74 Å². The molecule has 1 fully saturated rings. The van der Waals surface area contributed by atoms with Crippen LogP contribution in [0, 0.1) is 22.6 Å². The average Bonchev–Trinajstić information content (AvgIpc) is 2.69. The second-order valence-corrected chi connectivity index (χ2v) is 8.87. The summed E-state index contributed by atoms with van der Waals surface area (Å²) >= 11 is 0. The lowest BCUT2D eigenvalue weighted by atomic mass is 9.77. The molecule has 0 unspecified atom stereocenters. The number of hydrogen-bond acceptors (Lipinski definition) is 5. The molecule has 6 nitrogen and oxygen atoms in total. The first-order chi connectivity index (χ1) is 13.4. The summed E-state index contributed by atoms with van der Waals surface area (Å²) in [6.45, 7) is 0.0417. The zero-order valence-electron chi connectivity index (χ0n) is 15.4. The minimum atomic E-state index is -3.62. The van der Waals surface area contributed by atoms with Gasteiger partial charge in [-0.3, -0.25) is 0 Å². The van der Waals surface area contributed by atoms with Gasteiger partial charge in [0.25, 0.3) is 0 Å². The predicted molar refractivity (Wildman–Crippen MR) is 102 cm³/mol. The summed E-state index contributed by atoms with van der Waals surface area (Å²) in [7, 11) is -3.62. The fraction of sp³-hybridized carbons (Fsp3) is 0.400. The molecule has 1 aromatic carbocycles. The van der Waals surface area contributed by atoms with Gasteiger partial charge in [0.2, 0.25) is 15.9 Å². The number of pyridine rings is 1. The van der Waals surface area contributed by atoms with Crippen molar-refractivity contribution in [3.63, 3.8) is 0 Å².